The van der Waals surface area contributed by atoms with Crippen LogP contribution in [-0.4, -0.2) is 24.0 Å². The maximum atomic E-state index is 11.2. The molecule has 0 bridgehead atoms. The van der Waals surface area contributed by atoms with Crippen molar-refractivity contribution in [1.29, 1.82) is 0 Å². The van der Waals surface area contributed by atoms with Crippen LogP contribution in [0.2, 0.25) is 0 Å². The molecule has 0 atom stereocenters. The summed E-state index contributed by atoms with van der Waals surface area (Å²) in [5.41, 5.74) is 0.647. The van der Waals surface area contributed by atoms with Gasteiger partial charge in [0.05, 0.1) is 10.9 Å². The van der Waals surface area contributed by atoms with Gasteiger partial charge in [-0.25, -0.2) is 8.42 Å². The van der Waals surface area contributed by atoms with Crippen molar-refractivity contribution in [2.45, 2.75) is 18.2 Å². The molecule has 24 heavy (non-hydrogen) atoms. The average molecular weight is 366 g/mol. The molecule has 0 saturated heterocycles. The molecule has 1 N–H and O–H groups in total. The van der Waals surface area contributed by atoms with Crippen LogP contribution in [0, 0.1) is 6.92 Å². The first kappa shape index (κ1) is 23.6. The maximum Gasteiger partial charge on any atom is 1.00 e. The van der Waals surface area contributed by atoms with E-state index >= 15 is 0 Å². The van der Waals surface area contributed by atoms with Gasteiger partial charge < -0.3 is 19.6 Å². The first-order chi connectivity index (χ1) is 10.2. The zero-order chi connectivity index (χ0) is 16.5. The summed E-state index contributed by atoms with van der Waals surface area (Å²) < 4.78 is 33.7. The number of phenols is 1. The van der Waals surface area contributed by atoms with Crippen LogP contribution in [0.1, 0.15) is 27.0 Å². The van der Waals surface area contributed by atoms with E-state index in [1.807, 2.05) is 0 Å². The largest absolute Gasteiger partial charge is 1.00 e. The summed E-state index contributed by atoms with van der Waals surface area (Å²) in [4.78, 5) is 10.6. The van der Waals surface area contributed by atoms with Crippen LogP contribution in [0.15, 0.2) is 41.3 Å². The van der Waals surface area contributed by atoms with Crippen molar-refractivity contribution in [3.05, 3.63) is 58.7 Å². The standard InChI is InChI=1S/C15H14O6S.2Na/c1-9-6-10(8-12(14(9)16)15(17)18)7-11-4-2-3-5-13(11)22(19,20)21;;/h2-6,8,16H,7H2,1H3,(H,17,18)(H,19,20,21);;/q;2*+1/p-2. The van der Waals surface area contributed by atoms with E-state index in [0.717, 1.165) is 0 Å². The van der Waals surface area contributed by atoms with Gasteiger partial charge in [-0.15, -0.1) is 0 Å². The van der Waals surface area contributed by atoms with Crippen molar-refractivity contribution >= 4 is 16.1 Å². The Bertz CT molecular complexity index is 849. The normalized spacial score (nSPS) is 10.4. The van der Waals surface area contributed by atoms with Gasteiger partial charge in [0.25, 0.3) is 0 Å². The first-order valence-electron chi connectivity index (χ1n) is 6.28. The molecular formula is C15H12Na2O6S. The summed E-state index contributed by atoms with van der Waals surface area (Å²) >= 11 is 0. The number of rotatable bonds is 4. The first-order valence-corrected chi connectivity index (χ1v) is 7.68. The predicted molar refractivity (Wildman–Crippen MR) is 74.4 cm³/mol. The number of benzene rings is 2. The maximum absolute atomic E-state index is 11.2. The van der Waals surface area contributed by atoms with Crippen molar-refractivity contribution in [1.82, 2.24) is 0 Å². The second kappa shape index (κ2) is 9.35. The van der Waals surface area contributed by atoms with Gasteiger partial charge in [0.1, 0.15) is 15.9 Å². The minimum Gasteiger partial charge on any atom is -0.744 e. The summed E-state index contributed by atoms with van der Waals surface area (Å²) in [5.74, 6) is -1.93. The fourth-order valence-electron chi connectivity index (χ4n) is 2.23. The molecule has 0 amide bonds. The number of carbonyl (C=O) groups excluding carboxylic acids is 1. The van der Waals surface area contributed by atoms with Gasteiger partial charge in [-0.2, -0.15) is 0 Å². The topological polar surface area (TPSA) is 118 Å². The van der Waals surface area contributed by atoms with E-state index in [0.29, 0.717) is 11.1 Å². The fraction of sp³-hybridized carbons (Fsp3) is 0.133. The Morgan fingerprint density at radius 1 is 1.17 bits per heavy atom. The molecule has 2 rings (SSSR count). The number of carboxylic acids is 1. The number of aryl methyl sites for hydroxylation is 1. The molecule has 0 radical (unpaired) electrons. The zero-order valence-corrected chi connectivity index (χ0v) is 18.4. The summed E-state index contributed by atoms with van der Waals surface area (Å²) in [7, 11) is -4.63. The number of aromatic carboxylic acids is 1. The molecule has 2 aromatic rings. The summed E-state index contributed by atoms with van der Waals surface area (Å²) in [6.07, 6.45) is 0.0407. The van der Waals surface area contributed by atoms with Gasteiger partial charge in [-0.1, -0.05) is 24.3 Å². The third kappa shape index (κ3) is 5.57. The van der Waals surface area contributed by atoms with Crippen LogP contribution in [0.5, 0.6) is 5.75 Å². The van der Waals surface area contributed by atoms with Gasteiger partial charge in [-0.05, 0) is 42.2 Å². The summed E-state index contributed by atoms with van der Waals surface area (Å²) in [6.45, 7) is 1.52. The second-order valence-corrected chi connectivity index (χ2v) is 6.18. The van der Waals surface area contributed by atoms with Crippen molar-refractivity contribution in [2.24, 2.45) is 0 Å². The van der Waals surface area contributed by atoms with Gasteiger partial charge in [0.15, 0.2) is 0 Å². The van der Waals surface area contributed by atoms with E-state index < -0.39 is 21.8 Å². The van der Waals surface area contributed by atoms with Gasteiger partial charge in [-0.3, -0.25) is 0 Å². The van der Waals surface area contributed by atoms with Gasteiger partial charge in [0, 0.05) is 5.56 Å². The third-order valence-corrected chi connectivity index (χ3v) is 4.15. The molecule has 0 heterocycles. The Labute approximate surface area is 184 Å². The Hall–Kier alpha value is -0.380. The molecular weight excluding hydrogens is 354 g/mol. The molecule has 0 aliphatic rings. The number of aromatic hydroxyl groups is 1. The molecule has 9 heteroatoms. The van der Waals surface area contributed by atoms with Crippen LogP contribution < -0.4 is 64.2 Å². The summed E-state index contributed by atoms with van der Waals surface area (Å²) in [6, 6.07) is 8.41. The van der Waals surface area contributed by atoms with Crippen molar-refractivity contribution in [3.63, 3.8) is 0 Å². The Balaban J connectivity index is 0.00000264. The van der Waals surface area contributed by atoms with Crippen LogP contribution >= 0.6 is 0 Å². The monoisotopic (exact) mass is 366 g/mol. The van der Waals surface area contributed by atoms with E-state index in [-0.39, 0.29) is 81.6 Å². The van der Waals surface area contributed by atoms with Gasteiger partial charge >= 0.3 is 59.1 Å². The molecule has 0 aliphatic heterocycles. The van der Waals surface area contributed by atoms with Gasteiger partial charge in [0.2, 0.25) is 0 Å². The van der Waals surface area contributed by atoms with E-state index in [1.54, 1.807) is 6.07 Å². The smallest absolute Gasteiger partial charge is 0.744 e. The Kier molecular flexibility index (Phi) is 9.21. The SMILES string of the molecule is Cc1cc(Cc2ccccc2S(=O)(=O)[O-])cc(C(=O)[O-])c1O.[Na+].[Na+]. The van der Waals surface area contributed by atoms with Crippen LogP contribution in [-0.2, 0) is 16.5 Å². The zero-order valence-electron chi connectivity index (χ0n) is 13.6. The minimum atomic E-state index is -4.63. The van der Waals surface area contributed by atoms with E-state index in [2.05, 4.69) is 0 Å². The number of carbonyl (C=O) groups is 1. The molecule has 0 fully saturated rings. The summed E-state index contributed by atoms with van der Waals surface area (Å²) in [5, 5.41) is 20.7. The molecule has 116 valence electrons. The molecule has 0 unspecified atom stereocenters. The van der Waals surface area contributed by atoms with E-state index in [9.17, 15) is 28.0 Å². The molecule has 0 aliphatic carbocycles. The van der Waals surface area contributed by atoms with Crippen molar-refractivity contribution in [3.8, 4) is 5.75 Å². The molecule has 0 saturated carbocycles. The molecule has 0 aromatic heterocycles. The Morgan fingerprint density at radius 2 is 1.75 bits per heavy atom. The Morgan fingerprint density at radius 3 is 2.29 bits per heavy atom. The van der Waals surface area contributed by atoms with Crippen molar-refractivity contribution in [2.75, 3.05) is 0 Å². The minimum absolute atomic E-state index is 0. The number of hydrogen-bond acceptors (Lipinski definition) is 6. The third-order valence-electron chi connectivity index (χ3n) is 3.22. The van der Waals surface area contributed by atoms with E-state index in [4.69, 9.17) is 0 Å². The van der Waals surface area contributed by atoms with Crippen LogP contribution in [0.3, 0.4) is 0 Å². The molecule has 0 spiro atoms. The van der Waals surface area contributed by atoms with Crippen LogP contribution in [0.25, 0.3) is 0 Å². The van der Waals surface area contributed by atoms with E-state index in [1.165, 1.54) is 37.3 Å². The van der Waals surface area contributed by atoms with Crippen LogP contribution in [0.4, 0.5) is 0 Å². The molecule has 2 aromatic carbocycles. The average Bonchev–Trinajstić information content (AvgIpc) is 2.41. The second-order valence-electron chi connectivity index (χ2n) is 4.83. The fourth-order valence-corrected chi connectivity index (χ4v) is 2.93. The van der Waals surface area contributed by atoms with Crippen molar-refractivity contribution < 1.29 is 87.1 Å². The number of carboxylic acid groups (broad SMARTS) is 1. The number of hydrogen-bond donors (Lipinski definition) is 1. The predicted octanol–water partition coefficient (Wildman–Crippen LogP) is -5.43. The molecule has 6 nitrogen and oxygen atoms in total. The quantitative estimate of drug-likeness (QED) is 0.426.